The molecule has 5 nitrogen and oxygen atoms in total. The first-order valence-electron chi connectivity index (χ1n) is 8.38. The minimum absolute atomic E-state index is 0.0236. The van der Waals surface area contributed by atoms with E-state index in [0.29, 0.717) is 24.2 Å². The van der Waals surface area contributed by atoms with Crippen molar-refractivity contribution in [2.24, 2.45) is 0 Å². The third kappa shape index (κ3) is 2.73. The summed E-state index contributed by atoms with van der Waals surface area (Å²) in [5.41, 5.74) is 3.00. The van der Waals surface area contributed by atoms with Crippen LogP contribution in [0.2, 0.25) is 5.15 Å². The third-order valence-electron chi connectivity index (χ3n) is 4.95. The molecule has 4 rings (SSSR count). The van der Waals surface area contributed by atoms with Gasteiger partial charge < -0.3 is 0 Å². The monoisotopic (exact) mass is 342 g/mol. The Morgan fingerprint density at radius 1 is 1.08 bits per heavy atom. The highest BCUT2D eigenvalue weighted by Crippen LogP contribution is 2.39. The number of aromatic nitrogens is 2. The zero-order valence-corrected chi connectivity index (χ0v) is 14.1. The number of carbonyl (C=O) groups excluding carboxylic acids is 1. The number of anilines is 2. The van der Waals surface area contributed by atoms with Gasteiger partial charge in [-0.2, -0.15) is 0 Å². The van der Waals surface area contributed by atoms with Crippen LogP contribution >= 0.6 is 11.6 Å². The van der Waals surface area contributed by atoms with Crippen molar-refractivity contribution in [3.05, 3.63) is 47.5 Å². The van der Waals surface area contributed by atoms with Gasteiger partial charge in [-0.3, -0.25) is 14.8 Å². The molecule has 0 aromatic carbocycles. The van der Waals surface area contributed by atoms with Gasteiger partial charge in [-0.15, -0.1) is 0 Å². The molecule has 3 heterocycles. The molecule has 2 fully saturated rings. The minimum Gasteiger partial charge on any atom is -0.292 e. The molecule has 2 aromatic rings. The first-order valence-corrected chi connectivity index (χ1v) is 8.76. The summed E-state index contributed by atoms with van der Waals surface area (Å²) in [6.07, 6.45) is 10.2. The standard InChI is InChI=1S/C18H19ClN4O/c19-17-11-14(5-8-21-17)22-9-10-23(18(22)24)16-12-20-7-6-15(16)13-3-1-2-4-13/h5-8,11-13H,1-4,9-10H2. The van der Waals surface area contributed by atoms with E-state index in [-0.39, 0.29) is 6.03 Å². The Morgan fingerprint density at radius 3 is 2.67 bits per heavy atom. The van der Waals surface area contributed by atoms with Crippen LogP contribution in [0.3, 0.4) is 0 Å². The van der Waals surface area contributed by atoms with Crippen molar-refractivity contribution >= 4 is 29.0 Å². The van der Waals surface area contributed by atoms with E-state index >= 15 is 0 Å². The first-order chi connectivity index (χ1) is 11.7. The molecule has 0 N–H and O–H groups in total. The summed E-state index contributed by atoms with van der Waals surface area (Å²) >= 11 is 5.96. The SMILES string of the molecule is O=C1N(c2ccnc(Cl)c2)CCN1c1cnccc1C1CCCC1. The molecule has 6 heteroatoms. The van der Waals surface area contributed by atoms with Gasteiger partial charge in [-0.05, 0) is 42.5 Å². The number of amides is 2. The quantitative estimate of drug-likeness (QED) is 0.784. The van der Waals surface area contributed by atoms with Gasteiger partial charge in [0.1, 0.15) is 5.15 Å². The van der Waals surface area contributed by atoms with Crippen LogP contribution in [0.1, 0.15) is 37.2 Å². The van der Waals surface area contributed by atoms with Crippen LogP contribution in [-0.2, 0) is 0 Å². The number of rotatable bonds is 3. The number of halogens is 1. The molecule has 124 valence electrons. The summed E-state index contributed by atoms with van der Waals surface area (Å²) in [5.74, 6) is 0.542. The van der Waals surface area contributed by atoms with Gasteiger partial charge in [0.05, 0.1) is 17.6 Å². The zero-order valence-electron chi connectivity index (χ0n) is 13.4. The van der Waals surface area contributed by atoms with Crippen LogP contribution < -0.4 is 9.80 Å². The second-order valence-corrected chi connectivity index (χ2v) is 6.73. The number of carbonyl (C=O) groups is 1. The maximum absolute atomic E-state index is 12.9. The highest BCUT2D eigenvalue weighted by Gasteiger charge is 2.33. The molecule has 0 bridgehead atoms. The van der Waals surface area contributed by atoms with Crippen LogP contribution in [0.15, 0.2) is 36.8 Å². The Kier molecular flexibility index (Phi) is 4.10. The lowest BCUT2D eigenvalue weighted by Crippen LogP contribution is -2.32. The fourth-order valence-electron chi connectivity index (χ4n) is 3.76. The molecule has 1 aliphatic carbocycles. The highest BCUT2D eigenvalue weighted by atomic mass is 35.5. The van der Waals surface area contributed by atoms with Crippen LogP contribution in [0.4, 0.5) is 16.2 Å². The normalized spacial score (nSPS) is 18.6. The lowest BCUT2D eigenvalue weighted by molar-refractivity contribution is 0.256. The van der Waals surface area contributed by atoms with Crippen molar-refractivity contribution in [2.45, 2.75) is 31.6 Å². The van der Waals surface area contributed by atoms with E-state index in [1.165, 1.54) is 31.2 Å². The van der Waals surface area contributed by atoms with E-state index in [0.717, 1.165) is 11.4 Å². The molecule has 2 aromatic heterocycles. The Morgan fingerprint density at radius 2 is 1.88 bits per heavy atom. The second kappa shape index (κ2) is 6.40. The molecule has 1 saturated carbocycles. The number of nitrogens with zero attached hydrogens (tertiary/aromatic N) is 4. The van der Waals surface area contributed by atoms with Crippen molar-refractivity contribution in [3.63, 3.8) is 0 Å². The maximum atomic E-state index is 12.9. The molecule has 0 radical (unpaired) electrons. The second-order valence-electron chi connectivity index (χ2n) is 6.34. The summed E-state index contributed by atoms with van der Waals surface area (Å²) in [6.45, 7) is 1.29. The van der Waals surface area contributed by atoms with Gasteiger partial charge in [0.25, 0.3) is 0 Å². The lowest BCUT2D eigenvalue weighted by atomic mass is 9.97. The Hall–Kier alpha value is -2.14. The van der Waals surface area contributed by atoms with E-state index in [2.05, 4.69) is 16.0 Å². The summed E-state index contributed by atoms with van der Waals surface area (Å²) in [6, 6.07) is 5.59. The molecule has 24 heavy (non-hydrogen) atoms. The van der Waals surface area contributed by atoms with Gasteiger partial charge in [0.15, 0.2) is 0 Å². The predicted molar refractivity (Wildman–Crippen MR) is 94.8 cm³/mol. The largest absolute Gasteiger partial charge is 0.329 e. The molecule has 0 spiro atoms. The summed E-state index contributed by atoms with van der Waals surface area (Å²) in [5, 5.41) is 0.395. The highest BCUT2D eigenvalue weighted by molar-refractivity contribution is 6.29. The predicted octanol–water partition coefficient (Wildman–Crippen LogP) is 4.23. The number of hydrogen-bond donors (Lipinski definition) is 0. The molecule has 0 unspecified atom stereocenters. The summed E-state index contributed by atoms with van der Waals surface area (Å²) < 4.78 is 0. The third-order valence-corrected chi connectivity index (χ3v) is 5.16. The van der Waals surface area contributed by atoms with E-state index in [4.69, 9.17) is 11.6 Å². The van der Waals surface area contributed by atoms with E-state index in [1.54, 1.807) is 17.2 Å². The fourth-order valence-corrected chi connectivity index (χ4v) is 3.93. The van der Waals surface area contributed by atoms with Gasteiger partial charge in [-0.1, -0.05) is 24.4 Å². The number of urea groups is 1. The van der Waals surface area contributed by atoms with Crippen molar-refractivity contribution in [1.82, 2.24) is 9.97 Å². The van der Waals surface area contributed by atoms with E-state index in [9.17, 15) is 4.79 Å². The van der Waals surface area contributed by atoms with Crippen molar-refractivity contribution in [1.29, 1.82) is 0 Å². The van der Waals surface area contributed by atoms with E-state index in [1.807, 2.05) is 23.4 Å². The van der Waals surface area contributed by atoms with Gasteiger partial charge >= 0.3 is 6.03 Å². The number of hydrogen-bond acceptors (Lipinski definition) is 3. The molecule has 1 saturated heterocycles. The van der Waals surface area contributed by atoms with Crippen molar-refractivity contribution < 1.29 is 4.79 Å². The fraction of sp³-hybridized carbons (Fsp3) is 0.389. The molecule has 1 aliphatic heterocycles. The lowest BCUT2D eigenvalue weighted by Gasteiger charge is -2.23. The van der Waals surface area contributed by atoms with E-state index < -0.39 is 0 Å². The Labute approximate surface area is 146 Å². The van der Waals surface area contributed by atoms with Crippen molar-refractivity contribution in [2.75, 3.05) is 22.9 Å². The van der Waals surface area contributed by atoms with Crippen LogP contribution in [0.25, 0.3) is 0 Å². The topological polar surface area (TPSA) is 49.3 Å². The van der Waals surface area contributed by atoms with Gasteiger partial charge in [0, 0.05) is 25.5 Å². The first kappa shape index (κ1) is 15.4. The Balaban J connectivity index is 1.63. The van der Waals surface area contributed by atoms with Gasteiger partial charge in [-0.25, -0.2) is 9.78 Å². The molecule has 2 aliphatic rings. The average Bonchev–Trinajstić information content (AvgIpc) is 3.24. The Bertz CT molecular complexity index is 760. The average molecular weight is 343 g/mol. The smallest absolute Gasteiger partial charge is 0.292 e. The molecular formula is C18H19ClN4O. The summed E-state index contributed by atoms with van der Waals surface area (Å²) in [4.78, 5) is 24.8. The van der Waals surface area contributed by atoms with Crippen molar-refractivity contribution in [3.8, 4) is 0 Å². The van der Waals surface area contributed by atoms with Crippen LogP contribution in [0, 0.1) is 0 Å². The van der Waals surface area contributed by atoms with Gasteiger partial charge in [0.2, 0.25) is 0 Å². The minimum atomic E-state index is -0.0236. The van der Waals surface area contributed by atoms with Crippen LogP contribution in [0.5, 0.6) is 0 Å². The van der Waals surface area contributed by atoms with Crippen LogP contribution in [-0.4, -0.2) is 29.1 Å². The summed E-state index contributed by atoms with van der Waals surface area (Å²) in [7, 11) is 0. The molecule has 2 amide bonds. The zero-order chi connectivity index (χ0) is 16.5. The number of pyridine rings is 2. The molecular weight excluding hydrogens is 324 g/mol. The maximum Gasteiger partial charge on any atom is 0.329 e. The molecule has 0 atom stereocenters.